The molecule has 0 spiro atoms. The molecule has 1 aromatic heterocycles. The summed E-state index contributed by atoms with van der Waals surface area (Å²) in [6, 6.07) is 9.42. The Labute approximate surface area is 112 Å². The predicted octanol–water partition coefficient (Wildman–Crippen LogP) is 4.25. The normalized spacial score (nSPS) is 10.4. The molecule has 2 aromatic rings. The Kier molecular flexibility index (Phi) is 4.15. The fourth-order valence-corrected chi connectivity index (χ4v) is 1.86. The van der Waals surface area contributed by atoms with Crippen molar-refractivity contribution in [3.05, 3.63) is 46.9 Å². The number of hydrogen-bond acceptors (Lipinski definition) is 3. The van der Waals surface area contributed by atoms with Crippen LogP contribution in [-0.2, 0) is 6.54 Å². The molecule has 1 N–H and O–H groups in total. The van der Waals surface area contributed by atoms with Crippen LogP contribution in [0.5, 0.6) is 5.75 Å². The molecule has 0 aliphatic heterocycles. The second kappa shape index (κ2) is 5.83. The fraction of sp³-hybridized carbons (Fsp3) is 0.286. The number of anilines is 1. The van der Waals surface area contributed by atoms with Gasteiger partial charge in [-0.3, -0.25) is 0 Å². The van der Waals surface area contributed by atoms with Gasteiger partial charge in [-0.2, -0.15) is 0 Å². The molecule has 0 radical (unpaired) electrons. The Hall–Kier alpha value is -1.61. The molecule has 1 aromatic carbocycles. The molecule has 0 amide bonds. The lowest BCUT2D eigenvalue weighted by atomic mass is 10.3. The second-order valence-electron chi connectivity index (χ2n) is 3.94. The molecular formula is C14H16ClNO2. The minimum absolute atomic E-state index is 0.605. The van der Waals surface area contributed by atoms with Crippen LogP contribution in [0.25, 0.3) is 0 Å². The Morgan fingerprint density at radius 3 is 2.78 bits per heavy atom. The third-order valence-electron chi connectivity index (χ3n) is 2.49. The molecule has 0 saturated carbocycles. The lowest BCUT2D eigenvalue weighted by Crippen LogP contribution is -2.02. The average molecular weight is 266 g/mol. The molecule has 0 aliphatic carbocycles. The minimum atomic E-state index is 0.605. The van der Waals surface area contributed by atoms with Crippen LogP contribution in [0.4, 0.5) is 5.69 Å². The van der Waals surface area contributed by atoms with Crippen LogP contribution in [-0.4, -0.2) is 6.61 Å². The Morgan fingerprint density at radius 2 is 2.11 bits per heavy atom. The van der Waals surface area contributed by atoms with Crippen LogP contribution in [0.1, 0.15) is 18.4 Å². The highest BCUT2D eigenvalue weighted by molar-refractivity contribution is 6.30. The third-order valence-corrected chi connectivity index (χ3v) is 2.73. The molecule has 0 atom stereocenters. The van der Waals surface area contributed by atoms with Crippen molar-refractivity contribution in [3.8, 4) is 5.75 Å². The SMILES string of the molecule is CCOc1ccc(Cl)cc1NCc1ccc(C)o1. The zero-order valence-electron chi connectivity index (χ0n) is 10.5. The molecule has 0 unspecified atom stereocenters. The quantitative estimate of drug-likeness (QED) is 0.877. The van der Waals surface area contributed by atoms with E-state index in [4.69, 9.17) is 20.8 Å². The number of rotatable bonds is 5. The summed E-state index contributed by atoms with van der Waals surface area (Å²) >= 11 is 5.98. The monoisotopic (exact) mass is 265 g/mol. The van der Waals surface area contributed by atoms with E-state index in [9.17, 15) is 0 Å². The summed E-state index contributed by atoms with van der Waals surface area (Å²) in [5, 5.41) is 3.94. The van der Waals surface area contributed by atoms with Crippen molar-refractivity contribution < 1.29 is 9.15 Å². The van der Waals surface area contributed by atoms with Crippen LogP contribution < -0.4 is 10.1 Å². The molecule has 0 fully saturated rings. The molecule has 1 heterocycles. The van der Waals surface area contributed by atoms with Crippen LogP contribution in [0.3, 0.4) is 0 Å². The van der Waals surface area contributed by atoms with E-state index in [-0.39, 0.29) is 0 Å². The maximum Gasteiger partial charge on any atom is 0.142 e. The van der Waals surface area contributed by atoms with E-state index in [1.165, 1.54) is 0 Å². The summed E-state index contributed by atoms with van der Waals surface area (Å²) in [6.07, 6.45) is 0. The van der Waals surface area contributed by atoms with Gasteiger partial charge in [0.25, 0.3) is 0 Å². The smallest absolute Gasteiger partial charge is 0.142 e. The maximum atomic E-state index is 5.98. The highest BCUT2D eigenvalue weighted by atomic mass is 35.5. The first-order valence-corrected chi connectivity index (χ1v) is 6.28. The second-order valence-corrected chi connectivity index (χ2v) is 4.38. The van der Waals surface area contributed by atoms with Gasteiger partial charge in [-0.05, 0) is 44.2 Å². The lowest BCUT2D eigenvalue weighted by molar-refractivity contribution is 0.341. The van der Waals surface area contributed by atoms with Crippen molar-refractivity contribution in [2.75, 3.05) is 11.9 Å². The average Bonchev–Trinajstić information content (AvgIpc) is 2.76. The Morgan fingerprint density at radius 1 is 1.28 bits per heavy atom. The third kappa shape index (κ3) is 3.20. The van der Waals surface area contributed by atoms with Gasteiger partial charge in [0, 0.05) is 5.02 Å². The van der Waals surface area contributed by atoms with Crippen LogP contribution >= 0.6 is 11.6 Å². The van der Waals surface area contributed by atoms with Gasteiger partial charge in [0.1, 0.15) is 17.3 Å². The van der Waals surface area contributed by atoms with E-state index in [1.807, 2.05) is 44.2 Å². The van der Waals surface area contributed by atoms with Gasteiger partial charge in [0.05, 0.1) is 18.8 Å². The van der Waals surface area contributed by atoms with Crippen LogP contribution in [0.15, 0.2) is 34.7 Å². The van der Waals surface area contributed by atoms with Gasteiger partial charge < -0.3 is 14.5 Å². The van der Waals surface area contributed by atoms with Gasteiger partial charge in [-0.15, -0.1) is 0 Å². The summed E-state index contributed by atoms with van der Waals surface area (Å²) in [4.78, 5) is 0. The van der Waals surface area contributed by atoms with Gasteiger partial charge in [0.2, 0.25) is 0 Å². The molecule has 18 heavy (non-hydrogen) atoms. The van der Waals surface area contributed by atoms with E-state index in [2.05, 4.69) is 5.32 Å². The van der Waals surface area contributed by atoms with E-state index < -0.39 is 0 Å². The number of halogens is 1. The summed E-state index contributed by atoms with van der Waals surface area (Å²) in [5.41, 5.74) is 0.874. The topological polar surface area (TPSA) is 34.4 Å². The molecule has 2 rings (SSSR count). The Balaban J connectivity index is 2.09. The molecule has 3 nitrogen and oxygen atoms in total. The van der Waals surface area contributed by atoms with Crippen molar-refractivity contribution in [1.29, 1.82) is 0 Å². The summed E-state index contributed by atoms with van der Waals surface area (Å²) < 4.78 is 11.0. The van der Waals surface area contributed by atoms with Gasteiger partial charge in [0.15, 0.2) is 0 Å². The molecule has 0 aliphatic rings. The van der Waals surface area contributed by atoms with E-state index in [0.29, 0.717) is 18.2 Å². The van der Waals surface area contributed by atoms with E-state index in [1.54, 1.807) is 0 Å². The zero-order valence-corrected chi connectivity index (χ0v) is 11.3. The number of nitrogens with one attached hydrogen (secondary N) is 1. The van der Waals surface area contributed by atoms with Crippen molar-refractivity contribution in [2.24, 2.45) is 0 Å². The Bertz CT molecular complexity index is 522. The van der Waals surface area contributed by atoms with Crippen molar-refractivity contribution in [2.45, 2.75) is 20.4 Å². The van der Waals surface area contributed by atoms with Crippen LogP contribution in [0.2, 0.25) is 5.02 Å². The number of furan rings is 1. The molecular weight excluding hydrogens is 250 g/mol. The number of ether oxygens (including phenoxy) is 1. The summed E-state index contributed by atoms with van der Waals surface area (Å²) in [7, 11) is 0. The molecule has 4 heteroatoms. The lowest BCUT2D eigenvalue weighted by Gasteiger charge is -2.11. The van der Waals surface area contributed by atoms with Crippen LogP contribution in [0, 0.1) is 6.92 Å². The number of aryl methyl sites for hydroxylation is 1. The predicted molar refractivity (Wildman–Crippen MR) is 73.4 cm³/mol. The molecule has 0 bridgehead atoms. The minimum Gasteiger partial charge on any atom is -0.492 e. The fourth-order valence-electron chi connectivity index (χ4n) is 1.68. The zero-order chi connectivity index (χ0) is 13.0. The highest BCUT2D eigenvalue weighted by Gasteiger charge is 2.05. The van der Waals surface area contributed by atoms with Crippen molar-refractivity contribution in [1.82, 2.24) is 0 Å². The van der Waals surface area contributed by atoms with E-state index in [0.717, 1.165) is 23.0 Å². The first-order chi connectivity index (χ1) is 8.69. The van der Waals surface area contributed by atoms with Gasteiger partial charge >= 0.3 is 0 Å². The van der Waals surface area contributed by atoms with Crippen molar-refractivity contribution in [3.63, 3.8) is 0 Å². The summed E-state index contributed by atoms with van der Waals surface area (Å²) in [6.45, 7) is 5.10. The first kappa shape index (κ1) is 12.8. The molecule has 96 valence electrons. The molecule has 0 saturated heterocycles. The van der Waals surface area contributed by atoms with Crippen molar-refractivity contribution >= 4 is 17.3 Å². The first-order valence-electron chi connectivity index (χ1n) is 5.90. The number of benzene rings is 1. The highest BCUT2D eigenvalue weighted by Crippen LogP contribution is 2.28. The number of hydrogen-bond donors (Lipinski definition) is 1. The standard InChI is InChI=1S/C14H16ClNO2/c1-3-17-14-7-5-11(15)8-13(14)16-9-12-6-4-10(2)18-12/h4-8,16H,3,9H2,1-2H3. The van der Waals surface area contributed by atoms with E-state index >= 15 is 0 Å². The van der Waals surface area contributed by atoms with Gasteiger partial charge in [-0.1, -0.05) is 11.6 Å². The maximum absolute atomic E-state index is 5.98. The van der Waals surface area contributed by atoms with Gasteiger partial charge in [-0.25, -0.2) is 0 Å². The summed E-state index contributed by atoms with van der Waals surface area (Å²) in [5.74, 6) is 2.59. The largest absolute Gasteiger partial charge is 0.492 e.